The molecule has 5 heteroatoms. The molecule has 0 unspecified atom stereocenters. The quantitative estimate of drug-likeness (QED) is 0.531. The van der Waals surface area contributed by atoms with Crippen molar-refractivity contribution in [2.45, 2.75) is 18.6 Å². The maximum atomic E-state index is 9.32. The van der Waals surface area contributed by atoms with Gasteiger partial charge in [-0.25, -0.2) is 0 Å². The molecule has 0 amide bonds. The van der Waals surface area contributed by atoms with Crippen LogP contribution in [0.2, 0.25) is 0 Å². The molecule has 0 aliphatic heterocycles. The molecule has 4 N–H and O–H groups in total. The Balaban J connectivity index is 1.60. The van der Waals surface area contributed by atoms with Gasteiger partial charge >= 0.3 is 0 Å². The summed E-state index contributed by atoms with van der Waals surface area (Å²) in [5.41, 5.74) is 6.93. The van der Waals surface area contributed by atoms with E-state index in [1.54, 1.807) is 0 Å². The van der Waals surface area contributed by atoms with E-state index in [4.69, 9.17) is 15.2 Å². The van der Waals surface area contributed by atoms with Gasteiger partial charge in [0.25, 0.3) is 0 Å². The summed E-state index contributed by atoms with van der Waals surface area (Å²) in [6.07, 6.45) is 0.378. The van der Waals surface area contributed by atoms with E-state index in [0.29, 0.717) is 24.5 Å². The Bertz CT molecular complexity index is 861. The summed E-state index contributed by atoms with van der Waals surface area (Å²) in [7, 11) is 0. The minimum atomic E-state index is -1.02. The molecule has 0 heterocycles. The highest BCUT2D eigenvalue weighted by atomic mass is 16.5. The summed E-state index contributed by atoms with van der Waals surface area (Å²) in [5.74, 6) is 2.09. The van der Waals surface area contributed by atoms with E-state index < -0.39 is 5.54 Å². The molecule has 0 aliphatic carbocycles. The smallest absolute Gasteiger partial charge is 0.131 e. The van der Waals surface area contributed by atoms with E-state index in [1.807, 2.05) is 78.9 Å². The molecule has 0 spiro atoms. The lowest BCUT2D eigenvalue weighted by atomic mass is 9.93. The molecule has 0 saturated heterocycles. The van der Waals surface area contributed by atoms with Crippen LogP contribution in [0.1, 0.15) is 11.1 Å². The van der Waals surface area contributed by atoms with Gasteiger partial charge in [0.1, 0.15) is 23.9 Å². The normalized spacial score (nSPS) is 11.2. The SMILES string of the molecule is NC(CO)(CO)Cc1ccc(Oc2cccc(OCc3ccccc3)c2)cc1. The van der Waals surface area contributed by atoms with Crippen LogP contribution in [0.15, 0.2) is 78.9 Å². The molecular weight excluding hydrogens is 354 g/mol. The Morgan fingerprint density at radius 2 is 1.39 bits per heavy atom. The van der Waals surface area contributed by atoms with Crippen molar-refractivity contribution in [2.75, 3.05) is 13.2 Å². The molecule has 3 aromatic rings. The molecule has 0 fully saturated rings. The van der Waals surface area contributed by atoms with Crippen molar-refractivity contribution >= 4 is 0 Å². The molecule has 0 radical (unpaired) electrons. The second-order valence-corrected chi connectivity index (χ2v) is 6.85. The van der Waals surface area contributed by atoms with Crippen LogP contribution >= 0.6 is 0 Å². The maximum Gasteiger partial charge on any atom is 0.131 e. The minimum Gasteiger partial charge on any atom is -0.489 e. The molecule has 5 nitrogen and oxygen atoms in total. The molecule has 0 saturated carbocycles. The van der Waals surface area contributed by atoms with E-state index in [0.717, 1.165) is 16.9 Å². The fraction of sp³-hybridized carbons (Fsp3) is 0.217. The third-order valence-electron chi connectivity index (χ3n) is 4.40. The van der Waals surface area contributed by atoms with Crippen molar-refractivity contribution in [3.8, 4) is 17.2 Å². The maximum absolute atomic E-state index is 9.32. The summed E-state index contributed by atoms with van der Waals surface area (Å²) in [4.78, 5) is 0. The summed E-state index contributed by atoms with van der Waals surface area (Å²) in [6.45, 7) is -0.0649. The largest absolute Gasteiger partial charge is 0.489 e. The average molecular weight is 379 g/mol. The molecule has 0 atom stereocenters. The van der Waals surface area contributed by atoms with E-state index in [1.165, 1.54) is 0 Å². The predicted molar refractivity (Wildman–Crippen MR) is 109 cm³/mol. The third kappa shape index (κ3) is 5.57. The Morgan fingerprint density at radius 3 is 2.07 bits per heavy atom. The summed E-state index contributed by atoms with van der Waals surface area (Å²) < 4.78 is 11.7. The zero-order valence-electron chi connectivity index (χ0n) is 15.6. The first-order chi connectivity index (χ1) is 13.6. The van der Waals surface area contributed by atoms with Gasteiger partial charge in [-0.05, 0) is 41.8 Å². The highest BCUT2D eigenvalue weighted by Crippen LogP contribution is 2.26. The highest BCUT2D eigenvalue weighted by Gasteiger charge is 2.23. The molecule has 146 valence electrons. The summed E-state index contributed by atoms with van der Waals surface area (Å²) in [6, 6.07) is 24.9. The van der Waals surface area contributed by atoms with Crippen molar-refractivity contribution in [2.24, 2.45) is 5.73 Å². The number of ether oxygens (including phenoxy) is 2. The number of rotatable bonds is 9. The van der Waals surface area contributed by atoms with Crippen molar-refractivity contribution in [1.29, 1.82) is 0 Å². The first-order valence-corrected chi connectivity index (χ1v) is 9.14. The van der Waals surface area contributed by atoms with Crippen LogP contribution < -0.4 is 15.2 Å². The lowest BCUT2D eigenvalue weighted by molar-refractivity contribution is 0.121. The fourth-order valence-corrected chi connectivity index (χ4v) is 2.75. The third-order valence-corrected chi connectivity index (χ3v) is 4.40. The van der Waals surface area contributed by atoms with Crippen molar-refractivity contribution < 1.29 is 19.7 Å². The minimum absolute atomic E-state index is 0.280. The number of benzene rings is 3. The Morgan fingerprint density at radius 1 is 0.714 bits per heavy atom. The van der Waals surface area contributed by atoms with Crippen LogP contribution in [0.3, 0.4) is 0 Å². The van der Waals surface area contributed by atoms with Gasteiger partial charge in [0.05, 0.1) is 18.8 Å². The van der Waals surface area contributed by atoms with E-state index in [9.17, 15) is 10.2 Å². The van der Waals surface area contributed by atoms with E-state index in [2.05, 4.69) is 0 Å². The van der Waals surface area contributed by atoms with E-state index >= 15 is 0 Å². The Kier molecular flexibility index (Phi) is 6.66. The van der Waals surface area contributed by atoms with Gasteiger partial charge in [0.15, 0.2) is 0 Å². The summed E-state index contributed by atoms with van der Waals surface area (Å²) >= 11 is 0. The summed E-state index contributed by atoms with van der Waals surface area (Å²) in [5, 5.41) is 18.6. The molecular formula is C23H25NO4. The van der Waals surface area contributed by atoms with Crippen LogP contribution in [0.5, 0.6) is 17.2 Å². The lowest BCUT2D eigenvalue weighted by Gasteiger charge is -2.24. The van der Waals surface area contributed by atoms with Gasteiger partial charge in [-0.2, -0.15) is 0 Å². The Labute approximate surface area is 165 Å². The molecule has 3 rings (SSSR count). The van der Waals surface area contributed by atoms with Crippen LogP contribution in [-0.2, 0) is 13.0 Å². The number of aliphatic hydroxyl groups is 2. The second kappa shape index (κ2) is 9.37. The van der Waals surface area contributed by atoms with Crippen molar-refractivity contribution in [1.82, 2.24) is 0 Å². The zero-order valence-corrected chi connectivity index (χ0v) is 15.6. The van der Waals surface area contributed by atoms with Crippen LogP contribution in [0.4, 0.5) is 0 Å². The van der Waals surface area contributed by atoms with Gasteiger partial charge in [0, 0.05) is 6.07 Å². The first-order valence-electron chi connectivity index (χ1n) is 9.14. The zero-order chi connectivity index (χ0) is 19.8. The van der Waals surface area contributed by atoms with Gasteiger partial charge in [-0.1, -0.05) is 48.5 Å². The highest BCUT2D eigenvalue weighted by molar-refractivity contribution is 5.38. The molecule has 0 aromatic heterocycles. The monoisotopic (exact) mass is 379 g/mol. The molecule has 0 aliphatic rings. The topological polar surface area (TPSA) is 84.9 Å². The van der Waals surface area contributed by atoms with E-state index in [-0.39, 0.29) is 13.2 Å². The fourth-order valence-electron chi connectivity index (χ4n) is 2.75. The predicted octanol–water partition coefficient (Wildman–Crippen LogP) is 3.28. The molecule has 0 bridgehead atoms. The van der Waals surface area contributed by atoms with Crippen LogP contribution in [-0.4, -0.2) is 29.0 Å². The number of nitrogens with two attached hydrogens (primary N) is 1. The second-order valence-electron chi connectivity index (χ2n) is 6.85. The Hall–Kier alpha value is -2.86. The lowest BCUT2D eigenvalue weighted by Crippen LogP contribution is -2.49. The van der Waals surface area contributed by atoms with Gasteiger partial charge in [0.2, 0.25) is 0 Å². The van der Waals surface area contributed by atoms with Gasteiger partial charge in [-0.3, -0.25) is 0 Å². The molecule has 28 heavy (non-hydrogen) atoms. The number of aliphatic hydroxyl groups excluding tert-OH is 2. The van der Waals surface area contributed by atoms with Crippen LogP contribution in [0, 0.1) is 0 Å². The molecule has 3 aromatic carbocycles. The van der Waals surface area contributed by atoms with Gasteiger partial charge in [-0.15, -0.1) is 0 Å². The first kappa shape index (κ1) is 19.9. The van der Waals surface area contributed by atoms with Crippen LogP contribution in [0.25, 0.3) is 0 Å². The standard InChI is InChI=1S/C23H25NO4/c24-23(16-25,17-26)14-18-9-11-20(12-10-18)28-22-8-4-7-21(13-22)27-15-19-5-2-1-3-6-19/h1-13,25-26H,14-17,24H2. The van der Waals surface area contributed by atoms with Crippen molar-refractivity contribution in [3.63, 3.8) is 0 Å². The number of hydrogen-bond donors (Lipinski definition) is 3. The average Bonchev–Trinajstić information content (AvgIpc) is 2.75. The number of hydrogen-bond acceptors (Lipinski definition) is 5. The van der Waals surface area contributed by atoms with Crippen molar-refractivity contribution in [3.05, 3.63) is 90.0 Å². The van der Waals surface area contributed by atoms with Gasteiger partial charge < -0.3 is 25.4 Å².